The lowest BCUT2D eigenvalue weighted by Crippen LogP contribution is -2.31. The van der Waals surface area contributed by atoms with Crippen LogP contribution in [-0.2, 0) is 0 Å². The standard InChI is InChI=1S/C23H27N3O/c1-17-15-22(20-7-3-4-8-21(20)25-17)24-16-23(26-13-5-6-14-26)18-9-11-19(27-2)12-10-18/h3-4,7-12,15,23H,5-6,13-14,16H2,1-2H3,(H,24,25). The molecular formula is C23H27N3O. The summed E-state index contributed by atoms with van der Waals surface area (Å²) in [6, 6.07) is 19.3. The lowest BCUT2D eigenvalue weighted by molar-refractivity contribution is 0.256. The van der Waals surface area contributed by atoms with Crippen LogP contribution in [0.2, 0.25) is 0 Å². The molecular weight excluding hydrogens is 334 g/mol. The molecule has 0 saturated carbocycles. The van der Waals surface area contributed by atoms with E-state index >= 15 is 0 Å². The van der Waals surface area contributed by atoms with Crippen LogP contribution in [0.5, 0.6) is 5.75 Å². The highest BCUT2D eigenvalue weighted by Crippen LogP contribution is 2.29. The van der Waals surface area contributed by atoms with Gasteiger partial charge in [-0.15, -0.1) is 0 Å². The highest BCUT2D eigenvalue weighted by molar-refractivity contribution is 5.91. The third kappa shape index (κ3) is 3.91. The van der Waals surface area contributed by atoms with E-state index in [1.807, 2.05) is 6.07 Å². The van der Waals surface area contributed by atoms with Crippen LogP contribution in [0, 0.1) is 6.92 Å². The third-order valence-electron chi connectivity index (χ3n) is 5.41. The van der Waals surface area contributed by atoms with Crippen molar-refractivity contribution in [3.8, 4) is 5.75 Å². The number of likely N-dealkylation sites (tertiary alicyclic amines) is 1. The highest BCUT2D eigenvalue weighted by Gasteiger charge is 2.23. The number of para-hydroxylation sites is 1. The number of hydrogen-bond acceptors (Lipinski definition) is 4. The predicted molar refractivity (Wildman–Crippen MR) is 112 cm³/mol. The van der Waals surface area contributed by atoms with E-state index in [2.05, 4.69) is 70.7 Å². The van der Waals surface area contributed by atoms with Crippen molar-refractivity contribution in [2.75, 3.05) is 32.1 Å². The highest BCUT2D eigenvalue weighted by atomic mass is 16.5. The minimum atomic E-state index is 0.352. The Balaban J connectivity index is 1.60. The van der Waals surface area contributed by atoms with Gasteiger partial charge in [-0.2, -0.15) is 0 Å². The summed E-state index contributed by atoms with van der Waals surface area (Å²) in [6.07, 6.45) is 2.56. The van der Waals surface area contributed by atoms with Crippen molar-refractivity contribution in [1.29, 1.82) is 0 Å². The number of hydrogen-bond donors (Lipinski definition) is 1. The van der Waals surface area contributed by atoms with Gasteiger partial charge in [0.2, 0.25) is 0 Å². The molecule has 1 N–H and O–H groups in total. The van der Waals surface area contributed by atoms with E-state index < -0.39 is 0 Å². The minimum Gasteiger partial charge on any atom is -0.497 e. The summed E-state index contributed by atoms with van der Waals surface area (Å²) in [5.74, 6) is 0.905. The summed E-state index contributed by atoms with van der Waals surface area (Å²) >= 11 is 0. The van der Waals surface area contributed by atoms with Crippen molar-refractivity contribution in [1.82, 2.24) is 9.88 Å². The second kappa shape index (κ2) is 7.97. The number of aryl methyl sites for hydroxylation is 1. The van der Waals surface area contributed by atoms with Crippen LogP contribution in [0.25, 0.3) is 10.9 Å². The second-order valence-corrected chi connectivity index (χ2v) is 7.24. The number of nitrogens with one attached hydrogen (secondary N) is 1. The minimum absolute atomic E-state index is 0.352. The molecule has 2 heterocycles. The van der Waals surface area contributed by atoms with Crippen molar-refractivity contribution in [2.24, 2.45) is 0 Å². The zero-order valence-corrected chi connectivity index (χ0v) is 16.1. The summed E-state index contributed by atoms with van der Waals surface area (Å²) in [5.41, 5.74) is 4.58. The Bertz CT molecular complexity index is 901. The lowest BCUT2D eigenvalue weighted by Gasteiger charge is -2.29. The average molecular weight is 361 g/mol. The Morgan fingerprint density at radius 2 is 1.81 bits per heavy atom. The first kappa shape index (κ1) is 17.8. The van der Waals surface area contributed by atoms with E-state index in [4.69, 9.17) is 4.74 Å². The number of aromatic nitrogens is 1. The van der Waals surface area contributed by atoms with Crippen LogP contribution in [-0.4, -0.2) is 36.6 Å². The van der Waals surface area contributed by atoms with Gasteiger partial charge in [-0.25, -0.2) is 0 Å². The fraction of sp³-hybridized carbons (Fsp3) is 0.348. The molecule has 2 aromatic carbocycles. The number of benzene rings is 2. The average Bonchev–Trinajstić information content (AvgIpc) is 3.23. The molecule has 1 aromatic heterocycles. The Kier molecular flexibility index (Phi) is 5.26. The van der Waals surface area contributed by atoms with Gasteiger partial charge in [0.05, 0.1) is 18.7 Å². The molecule has 4 nitrogen and oxygen atoms in total. The van der Waals surface area contributed by atoms with Gasteiger partial charge in [0.15, 0.2) is 0 Å². The van der Waals surface area contributed by atoms with Crippen molar-refractivity contribution < 1.29 is 4.74 Å². The van der Waals surface area contributed by atoms with Crippen LogP contribution in [0.15, 0.2) is 54.6 Å². The molecule has 0 amide bonds. The van der Waals surface area contributed by atoms with Gasteiger partial charge >= 0.3 is 0 Å². The van der Waals surface area contributed by atoms with Gasteiger partial charge in [-0.05, 0) is 62.7 Å². The maximum atomic E-state index is 5.33. The molecule has 27 heavy (non-hydrogen) atoms. The van der Waals surface area contributed by atoms with Crippen LogP contribution in [0.3, 0.4) is 0 Å². The zero-order chi connectivity index (χ0) is 18.6. The number of rotatable bonds is 6. The van der Waals surface area contributed by atoms with E-state index in [-0.39, 0.29) is 0 Å². The third-order valence-corrected chi connectivity index (χ3v) is 5.41. The molecule has 4 rings (SSSR count). The van der Waals surface area contributed by atoms with E-state index in [0.29, 0.717) is 6.04 Å². The normalized spacial score (nSPS) is 15.8. The molecule has 1 atom stereocenters. The van der Waals surface area contributed by atoms with E-state index in [9.17, 15) is 0 Å². The molecule has 0 aliphatic carbocycles. The van der Waals surface area contributed by atoms with Gasteiger partial charge in [0.25, 0.3) is 0 Å². The van der Waals surface area contributed by atoms with Crippen molar-refractivity contribution in [3.63, 3.8) is 0 Å². The fourth-order valence-corrected chi connectivity index (χ4v) is 4.00. The first-order valence-electron chi connectivity index (χ1n) is 9.73. The maximum Gasteiger partial charge on any atom is 0.118 e. The maximum absolute atomic E-state index is 5.33. The number of fused-ring (bicyclic) bond motifs is 1. The Hall–Kier alpha value is -2.59. The SMILES string of the molecule is COc1ccc(C(CNc2cc(C)nc3ccccc23)N2CCCC2)cc1. The van der Waals surface area contributed by atoms with Crippen LogP contribution < -0.4 is 10.1 Å². The molecule has 0 spiro atoms. The molecule has 0 bridgehead atoms. The second-order valence-electron chi connectivity index (χ2n) is 7.24. The smallest absolute Gasteiger partial charge is 0.118 e. The summed E-state index contributed by atoms with van der Waals surface area (Å²) in [6.45, 7) is 5.25. The molecule has 0 radical (unpaired) electrons. The largest absolute Gasteiger partial charge is 0.497 e. The van der Waals surface area contributed by atoms with Crippen LogP contribution in [0.1, 0.15) is 30.1 Å². The van der Waals surface area contributed by atoms with Crippen molar-refractivity contribution in [2.45, 2.75) is 25.8 Å². The van der Waals surface area contributed by atoms with E-state index in [0.717, 1.165) is 42.3 Å². The topological polar surface area (TPSA) is 37.4 Å². The number of pyridine rings is 1. The quantitative estimate of drug-likeness (QED) is 0.684. The van der Waals surface area contributed by atoms with Gasteiger partial charge < -0.3 is 10.1 Å². The zero-order valence-electron chi connectivity index (χ0n) is 16.1. The summed E-state index contributed by atoms with van der Waals surface area (Å²) < 4.78 is 5.33. The van der Waals surface area contributed by atoms with Crippen LogP contribution >= 0.6 is 0 Å². The number of nitrogens with zero attached hydrogens (tertiary/aromatic N) is 2. The number of ether oxygens (including phenoxy) is 1. The molecule has 1 aliphatic rings. The van der Waals surface area contributed by atoms with E-state index in [1.165, 1.54) is 23.8 Å². The number of methoxy groups -OCH3 is 1. The molecule has 140 valence electrons. The van der Waals surface area contributed by atoms with Gasteiger partial charge in [0, 0.05) is 23.3 Å². The molecule has 1 fully saturated rings. The first-order chi connectivity index (χ1) is 13.2. The molecule has 1 saturated heterocycles. The lowest BCUT2D eigenvalue weighted by atomic mass is 10.0. The first-order valence-corrected chi connectivity index (χ1v) is 9.73. The summed E-state index contributed by atoms with van der Waals surface area (Å²) in [4.78, 5) is 7.24. The number of anilines is 1. The molecule has 1 unspecified atom stereocenters. The summed E-state index contributed by atoms with van der Waals surface area (Å²) in [7, 11) is 1.71. The Labute approximate surface area is 161 Å². The Morgan fingerprint density at radius 3 is 2.56 bits per heavy atom. The monoisotopic (exact) mass is 361 g/mol. The van der Waals surface area contributed by atoms with Gasteiger partial charge in [-0.1, -0.05) is 30.3 Å². The summed E-state index contributed by atoms with van der Waals surface area (Å²) in [5, 5.41) is 4.90. The molecule has 4 heteroatoms. The predicted octanol–water partition coefficient (Wildman–Crippen LogP) is 4.80. The van der Waals surface area contributed by atoms with Crippen LogP contribution in [0.4, 0.5) is 5.69 Å². The Morgan fingerprint density at radius 1 is 1.07 bits per heavy atom. The van der Waals surface area contributed by atoms with E-state index in [1.54, 1.807) is 7.11 Å². The van der Waals surface area contributed by atoms with Gasteiger partial charge in [-0.3, -0.25) is 9.88 Å². The fourth-order valence-electron chi connectivity index (χ4n) is 4.00. The molecule has 1 aliphatic heterocycles. The van der Waals surface area contributed by atoms with Gasteiger partial charge in [0.1, 0.15) is 5.75 Å². The van der Waals surface area contributed by atoms with Crippen molar-refractivity contribution >= 4 is 16.6 Å². The molecule has 3 aromatic rings. The van der Waals surface area contributed by atoms with Crippen molar-refractivity contribution in [3.05, 3.63) is 65.9 Å².